The molecule has 1 fully saturated rings. The molecule has 21 heavy (non-hydrogen) atoms. The highest BCUT2D eigenvalue weighted by atomic mass is 32.2. The average molecular weight is 324 g/mol. The van der Waals surface area contributed by atoms with Crippen molar-refractivity contribution in [3.63, 3.8) is 0 Å². The second kappa shape index (κ2) is 7.53. The predicted molar refractivity (Wildman–Crippen MR) is 75.1 cm³/mol. The Morgan fingerprint density at radius 1 is 1.43 bits per heavy atom. The molecule has 0 aromatic rings. The largest absolute Gasteiger partial charge is 0.466 e. The fourth-order valence-electron chi connectivity index (χ4n) is 2.10. The van der Waals surface area contributed by atoms with Gasteiger partial charge >= 0.3 is 5.97 Å². The molecular formula is C13H24O7S. The molecule has 2 atom stereocenters. The van der Waals surface area contributed by atoms with Crippen molar-refractivity contribution in [2.24, 2.45) is 0 Å². The number of carbonyl (C=O) groups excluding carboxylic acids is 1. The Labute approximate surface area is 126 Å². The zero-order chi connectivity index (χ0) is 16.1. The van der Waals surface area contributed by atoms with Crippen LogP contribution in [0.15, 0.2) is 0 Å². The summed E-state index contributed by atoms with van der Waals surface area (Å²) >= 11 is 0. The third-order valence-electron chi connectivity index (χ3n) is 2.92. The summed E-state index contributed by atoms with van der Waals surface area (Å²) in [5.74, 6) is -1.07. The molecule has 7 nitrogen and oxygen atoms in total. The van der Waals surface area contributed by atoms with Gasteiger partial charge in [0.1, 0.15) is 12.2 Å². The van der Waals surface area contributed by atoms with Crippen molar-refractivity contribution >= 4 is 16.1 Å². The van der Waals surface area contributed by atoms with Gasteiger partial charge in [-0.2, -0.15) is 8.42 Å². The summed E-state index contributed by atoms with van der Waals surface area (Å²) in [6, 6.07) is 0. The summed E-state index contributed by atoms with van der Waals surface area (Å²) in [5.41, 5.74) is 0. The van der Waals surface area contributed by atoms with Crippen LogP contribution in [-0.2, 0) is 33.3 Å². The molecule has 0 aliphatic carbocycles. The van der Waals surface area contributed by atoms with Gasteiger partial charge in [-0.25, -0.2) is 0 Å². The van der Waals surface area contributed by atoms with Crippen LogP contribution in [0.3, 0.4) is 0 Å². The summed E-state index contributed by atoms with van der Waals surface area (Å²) in [7, 11) is -3.61. The van der Waals surface area contributed by atoms with Crippen LogP contribution < -0.4 is 0 Å². The van der Waals surface area contributed by atoms with E-state index in [1.807, 2.05) is 0 Å². The Kier molecular flexibility index (Phi) is 6.58. The summed E-state index contributed by atoms with van der Waals surface area (Å²) in [5, 5.41) is 0. The number of esters is 1. The van der Waals surface area contributed by atoms with Gasteiger partial charge in [-0.05, 0) is 33.6 Å². The highest BCUT2D eigenvalue weighted by Crippen LogP contribution is 2.28. The molecule has 0 saturated carbocycles. The first-order chi connectivity index (χ1) is 9.63. The van der Waals surface area contributed by atoms with Crippen LogP contribution in [0.5, 0.6) is 0 Å². The monoisotopic (exact) mass is 324 g/mol. The van der Waals surface area contributed by atoms with E-state index in [0.717, 1.165) is 6.26 Å². The Hall–Kier alpha value is -0.700. The van der Waals surface area contributed by atoms with Gasteiger partial charge in [0.15, 0.2) is 5.79 Å². The van der Waals surface area contributed by atoms with Gasteiger partial charge in [0.2, 0.25) is 0 Å². The van der Waals surface area contributed by atoms with Gasteiger partial charge < -0.3 is 14.2 Å². The second-order valence-corrected chi connectivity index (χ2v) is 7.00. The lowest BCUT2D eigenvalue weighted by Crippen LogP contribution is -2.34. The van der Waals surface area contributed by atoms with Crippen molar-refractivity contribution < 1.29 is 31.6 Å². The van der Waals surface area contributed by atoms with Gasteiger partial charge in [-0.1, -0.05) is 0 Å². The SMILES string of the molecule is CCOC(=O)CCC[C@H](OS(C)(=O)=O)[C@@H]1COC(C)(C)O1. The normalized spacial score (nSPS) is 23.0. The Balaban J connectivity index is 2.55. The lowest BCUT2D eigenvalue weighted by Gasteiger charge is -2.23. The van der Waals surface area contributed by atoms with Crippen molar-refractivity contribution in [3.8, 4) is 0 Å². The number of carbonyl (C=O) groups is 1. The van der Waals surface area contributed by atoms with Crippen LogP contribution in [-0.4, -0.2) is 51.9 Å². The van der Waals surface area contributed by atoms with Crippen LogP contribution in [0.2, 0.25) is 0 Å². The predicted octanol–water partition coefficient (Wildman–Crippen LogP) is 1.22. The van der Waals surface area contributed by atoms with E-state index in [2.05, 4.69) is 0 Å². The minimum atomic E-state index is -3.61. The molecule has 0 N–H and O–H groups in total. The van der Waals surface area contributed by atoms with Crippen molar-refractivity contribution in [2.45, 2.75) is 58.0 Å². The van der Waals surface area contributed by atoms with Crippen molar-refractivity contribution in [2.75, 3.05) is 19.5 Å². The maximum atomic E-state index is 11.3. The molecule has 8 heteroatoms. The van der Waals surface area contributed by atoms with E-state index < -0.39 is 28.1 Å². The van der Waals surface area contributed by atoms with Gasteiger partial charge in [-0.15, -0.1) is 0 Å². The van der Waals surface area contributed by atoms with Gasteiger partial charge in [-0.3, -0.25) is 8.98 Å². The fraction of sp³-hybridized carbons (Fsp3) is 0.923. The quantitative estimate of drug-likeness (QED) is 0.490. The Morgan fingerprint density at radius 2 is 2.10 bits per heavy atom. The molecule has 0 aromatic heterocycles. The third-order valence-corrected chi connectivity index (χ3v) is 3.52. The number of hydrogen-bond acceptors (Lipinski definition) is 7. The maximum Gasteiger partial charge on any atom is 0.305 e. The average Bonchev–Trinajstić information content (AvgIpc) is 2.67. The molecule has 0 unspecified atom stereocenters. The highest BCUT2D eigenvalue weighted by molar-refractivity contribution is 7.86. The zero-order valence-corrected chi connectivity index (χ0v) is 13.8. The Bertz CT molecular complexity index is 443. The van der Waals surface area contributed by atoms with Gasteiger partial charge in [0.05, 0.1) is 19.5 Å². The van der Waals surface area contributed by atoms with Gasteiger partial charge in [0, 0.05) is 6.42 Å². The van der Waals surface area contributed by atoms with Crippen LogP contribution in [0, 0.1) is 0 Å². The fourth-order valence-corrected chi connectivity index (χ4v) is 2.77. The molecule has 0 spiro atoms. The molecule has 0 amide bonds. The first-order valence-corrected chi connectivity index (χ1v) is 8.80. The smallest absolute Gasteiger partial charge is 0.305 e. The summed E-state index contributed by atoms with van der Waals surface area (Å²) in [4.78, 5) is 11.3. The molecule has 0 radical (unpaired) electrons. The molecule has 1 aliphatic rings. The minimum Gasteiger partial charge on any atom is -0.466 e. The maximum absolute atomic E-state index is 11.3. The molecule has 1 saturated heterocycles. The number of ether oxygens (including phenoxy) is 3. The first-order valence-electron chi connectivity index (χ1n) is 6.98. The standard InChI is InChI=1S/C13H24O7S/c1-5-17-12(14)8-6-7-10(20-21(4,15)16)11-9-18-13(2,3)19-11/h10-11H,5-9H2,1-4H3/t10-,11-/m0/s1. The second-order valence-electron chi connectivity index (χ2n) is 5.40. The third kappa shape index (κ3) is 7.21. The van der Waals surface area contributed by atoms with E-state index in [-0.39, 0.29) is 19.0 Å². The summed E-state index contributed by atoms with van der Waals surface area (Å²) < 4.78 is 43.7. The summed E-state index contributed by atoms with van der Waals surface area (Å²) in [6.07, 6.45) is 0.892. The lowest BCUT2D eigenvalue weighted by molar-refractivity contribution is -0.150. The van der Waals surface area contributed by atoms with Gasteiger partial charge in [0.25, 0.3) is 10.1 Å². The van der Waals surface area contributed by atoms with Crippen LogP contribution >= 0.6 is 0 Å². The number of rotatable bonds is 8. The van der Waals surface area contributed by atoms with Crippen molar-refractivity contribution in [3.05, 3.63) is 0 Å². The lowest BCUT2D eigenvalue weighted by atomic mass is 10.1. The minimum absolute atomic E-state index is 0.217. The van der Waals surface area contributed by atoms with Crippen LogP contribution in [0.25, 0.3) is 0 Å². The molecular weight excluding hydrogens is 300 g/mol. The van der Waals surface area contributed by atoms with Crippen molar-refractivity contribution in [1.29, 1.82) is 0 Å². The van der Waals surface area contributed by atoms with E-state index >= 15 is 0 Å². The van der Waals surface area contributed by atoms with Crippen LogP contribution in [0.1, 0.15) is 40.0 Å². The van der Waals surface area contributed by atoms with E-state index in [1.54, 1.807) is 20.8 Å². The van der Waals surface area contributed by atoms with Crippen LogP contribution in [0.4, 0.5) is 0 Å². The Morgan fingerprint density at radius 3 is 2.57 bits per heavy atom. The molecule has 0 bridgehead atoms. The molecule has 1 rings (SSSR count). The number of hydrogen-bond donors (Lipinski definition) is 0. The van der Waals surface area contributed by atoms with E-state index in [1.165, 1.54) is 0 Å². The van der Waals surface area contributed by atoms with Crippen molar-refractivity contribution in [1.82, 2.24) is 0 Å². The summed E-state index contributed by atoms with van der Waals surface area (Å²) in [6.45, 7) is 5.83. The molecule has 124 valence electrons. The van der Waals surface area contributed by atoms with E-state index in [9.17, 15) is 13.2 Å². The van der Waals surface area contributed by atoms with E-state index in [0.29, 0.717) is 19.4 Å². The molecule has 1 heterocycles. The zero-order valence-electron chi connectivity index (χ0n) is 13.0. The highest BCUT2D eigenvalue weighted by Gasteiger charge is 2.39. The molecule has 1 aliphatic heterocycles. The first kappa shape index (κ1) is 18.3. The molecule has 0 aromatic carbocycles. The van der Waals surface area contributed by atoms with E-state index in [4.69, 9.17) is 18.4 Å². The topological polar surface area (TPSA) is 88.1 Å².